The molecule has 1 fully saturated rings. The minimum atomic E-state index is 0.187. The van der Waals surface area contributed by atoms with E-state index in [1.165, 1.54) is 6.42 Å². The molecule has 0 aromatic carbocycles. The van der Waals surface area contributed by atoms with E-state index in [9.17, 15) is 0 Å². The van der Waals surface area contributed by atoms with Crippen LogP contribution in [-0.2, 0) is 4.74 Å². The molecule has 0 aliphatic carbocycles. The van der Waals surface area contributed by atoms with Gasteiger partial charge in [0.15, 0.2) is 5.96 Å². The van der Waals surface area contributed by atoms with E-state index < -0.39 is 0 Å². The van der Waals surface area contributed by atoms with Gasteiger partial charge >= 0.3 is 0 Å². The van der Waals surface area contributed by atoms with Gasteiger partial charge < -0.3 is 15.0 Å². The van der Waals surface area contributed by atoms with Crippen molar-refractivity contribution in [3.05, 3.63) is 12.7 Å². The van der Waals surface area contributed by atoms with Crippen LogP contribution in [0.15, 0.2) is 17.6 Å². The van der Waals surface area contributed by atoms with Crippen molar-refractivity contribution in [1.29, 1.82) is 0 Å². The van der Waals surface area contributed by atoms with E-state index in [0.29, 0.717) is 12.0 Å². The molecule has 0 saturated carbocycles. The predicted octanol–water partition coefficient (Wildman–Crippen LogP) is 3.30. The number of nitrogens with zero attached hydrogens (tertiary/aromatic N) is 2. The Bertz CT molecular complexity index is 360. The fourth-order valence-electron chi connectivity index (χ4n) is 3.20. The van der Waals surface area contributed by atoms with Crippen LogP contribution in [0.1, 0.15) is 46.5 Å². The van der Waals surface area contributed by atoms with Gasteiger partial charge in [-0.2, -0.15) is 0 Å². The Morgan fingerprint density at radius 1 is 1.45 bits per heavy atom. The Morgan fingerprint density at radius 2 is 2.18 bits per heavy atom. The van der Waals surface area contributed by atoms with Crippen LogP contribution in [0.2, 0.25) is 0 Å². The minimum Gasteiger partial charge on any atom is -0.377 e. The van der Waals surface area contributed by atoms with Gasteiger partial charge in [-0.1, -0.05) is 26.8 Å². The van der Waals surface area contributed by atoms with Crippen molar-refractivity contribution in [2.45, 2.75) is 52.6 Å². The maximum atomic E-state index is 6.06. The summed E-state index contributed by atoms with van der Waals surface area (Å²) in [5, 5.41) is 3.54. The second-order valence-corrected chi connectivity index (χ2v) is 7.34. The predicted molar refractivity (Wildman–Crippen MR) is 95.3 cm³/mol. The molecule has 128 valence electrons. The number of unbranched alkanes of at least 4 members (excludes halogenated alkanes) is 1. The number of ether oxygens (including phenoxy) is 1. The summed E-state index contributed by atoms with van der Waals surface area (Å²) in [6, 6.07) is 0. The number of aliphatic imine (C=N–C) groups is 1. The molecule has 1 aliphatic heterocycles. The van der Waals surface area contributed by atoms with Crippen molar-refractivity contribution in [1.82, 2.24) is 10.2 Å². The van der Waals surface area contributed by atoms with Gasteiger partial charge in [-0.3, -0.25) is 4.99 Å². The van der Waals surface area contributed by atoms with Gasteiger partial charge in [0.2, 0.25) is 0 Å². The third-order valence-electron chi connectivity index (χ3n) is 4.30. The molecule has 0 bridgehead atoms. The lowest BCUT2D eigenvalue weighted by Crippen LogP contribution is -2.48. The summed E-state index contributed by atoms with van der Waals surface area (Å²) in [7, 11) is 3.95. The fraction of sp³-hybridized carbons (Fsp3) is 0.833. The molecule has 0 radical (unpaired) electrons. The SMILES string of the molecule is C=CCCCN(C)C(=NC)NCC1CCCOC1C(C)(C)C. The topological polar surface area (TPSA) is 36.9 Å². The smallest absolute Gasteiger partial charge is 0.193 e. The quantitative estimate of drug-likeness (QED) is 0.354. The highest BCUT2D eigenvalue weighted by atomic mass is 16.5. The van der Waals surface area contributed by atoms with Crippen LogP contribution in [-0.4, -0.2) is 50.8 Å². The van der Waals surface area contributed by atoms with Crippen molar-refractivity contribution in [3.8, 4) is 0 Å². The van der Waals surface area contributed by atoms with E-state index in [4.69, 9.17) is 4.74 Å². The van der Waals surface area contributed by atoms with Gasteiger partial charge in [0, 0.05) is 39.7 Å². The van der Waals surface area contributed by atoms with Gasteiger partial charge in [0.25, 0.3) is 0 Å². The van der Waals surface area contributed by atoms with Crippen molar-refractivity contribution in [2.75, 3.05) is 33.8 Å². The molecule has 1 heterocycles. The molecule has 2 atom stereocenters. The summed E-state index contributed by atoms with van der Waals surface area (Å²) in [6.45, 7) is 13.4. The molecule has 0 aromatic rings. The lowest BCUT2D eigenvalue weighted by atomic mass is 9.78. The summed E-state index contributed by atoms with van der Waals surface area (Å²) < 4.78 is 6.06. The van der Waals surface area contributed by atoms with Crippen LogP contribution < -0.4 is 5.32 Å². The van der Waals surface area contributed by atoms with Gasteiger partial charge in [0.1, 0.15) is 0 Å². The van der Waals surface area contributed by atoms with Crippen molar-refractivity contribution in [2.24, 2.45) is 16.3 Å². The van der Waals surface area contributed by atoms with Crippen LogP contribution in [0.5, 0.6) is 0 Å². The maximum Gasteiger partial charge on any atom is 0.193 e. The second kappa shape index (κ2) is 9.19. The summed E-state index contributed by atoms with van der Waals surface area (Å²) in [5.74, 6) is 1.52. The first kappa shape index (κ1) is 19.0. The summed E-state index contributed by atoms with van der Waals surface area (Å²) in [4.78, 5) is 6.60. The second-order valence-electron chi connectivity index (χ2n) is 7.34. The van der Waals surface area contributed by atoms with Gasteiger partial charge in [-0.25, -0.2) is 0 Å². The molecule has 1 saturated heterocycles. The van der Waals surface area contributed by atoms with E-state index in [-0.39, 0.29) is 5.41 Å². The molecule has 0 aromatic heterocycles. The first-order valence-corrected chi connectivity index (χ1v) is 8.54. The number of rotatable bonds is 6. The Labute approximate surface area is 137 Å². The third kappa shape index (κ3) is 5.99. The van der Waals surface area contributed by atoms with E-state index in [1.54, 1.807) is 0 Å². The Morgan fingerprint density at radius 3 is 2.77 bits per heavy atom. The number of nitrogens with one attached hydrogen (secondary N) is 1. The normalized spacial score (nSPS) is 23.2. The monoisotopic (exact) mass is 309 g/mol. The molecular weight excluding hydrogens is 274 g/mol. The van der Waals surface area contributed by atoms with E-state index in [1.807, 2.05) is 13.1 Å². The Kier molecular flexibility index (Phi) is 7.94. The van der Waals surface area contributed by atoms with Gasteiger partial charge in [0.05, 0.1) is 6.10 Å². The zero-order valence-corrected chi connectivity index (χ0v) is 15.2. The minimum absolute atomic E-state index is 0.187. The molecule has 22 heavy (non-hydrogen) atoms. The molecule has 4 nitrogen and oxygen atoms in total. The molecule has 1 aliphatic rings. The average molecular weight is 309 g/mol. The highest BCUT2D eigenvalue weighted by Crippen LogP contribution is 2.33. The molecule has 2 unspecified atom stereocenters. The first-order chi connectivity index (χ1) is 10.4. The zero-order valence-electron chi connectivity index (χ0n) is 15.2. The van der Waals surface area contributed by atoms with Gasteiger partial charge in [-0.15, -0.1) is 6.58 Å². The highest BCUT2D eigenvalue weighted by molar-refractivity contribution is 5.79. The van der Waals surface area contributed by atoms with Crippen molar-refractivity contribution < 1.29 is 4.74 Å². The van der Waals surface area contributed by atoms with Crippen molar-refractivity contribution >= 4 is 5.96 Å². The lowest BCUT2D eigenvalue weighted by molar-refractivity contribution is -0.0836. The Hall–Kier alpha value is -1.03. The number of allylic oxidation sites excluding steroid dienone is 1. The molecule has 1 N–H and O–H groups in total. The zero-order chi connectivity index (χ0) is 16.6. The first-order valence-electron chi connectivity index (χ1n) is 8.54. The standard InChI is InChI=1S/C18H35N3O/c1-7-8-9-12-21(6)17(19-5)20-14-15-11-10-13-22-16(15)18(2,3)4/h7,15-16H,1,8-14H2,2-6H3,(H,19,20). The Balaban J connectivity index is 2.52. The third-order valence-corrected chi connectivity index (χ3v) is 4.30. The number of hydrogen-bond donors (Lipinski definition) is 1. The summed E-state index contributed by atoms with van der Waals surface area (Å²) in [6.07, 6.45) is 6.83. The molecule has 4 heteroatoms. The largest absolute Gasteiger partial charge is 0.377 e. The lowest BCUT2D eigenvalue weighted by Gasteiger charge is -2.40. The molecule has 0 amide bonds. The van der Waals surface area contributed by atoms with Crippen LogP contribution in [0, 0.1) is 11.3 Å². The average Bonchev–Trinajstić information content (AvgIpc) is 2.47. The van der Waals surface area contributed by atoms with E-state index >= 15 is 0 Å². The van der Waals surface area contributed by atoms with Crippen LogP contribution in [0.3, 0.4) is 0 Å². The van der Waals surface area contributed by atoms with E-state index in [2.05, 4.69) is 49.6 Å². The molecular formula is C18H35N3O. The molecule has 0 spiro atoms. The van der Waals surface area contributed by atoms with E-state index in [0.717, 1.165) is 44.9 Å². The highest BCUT2D eigenvalue weighted by Gasteiger charge is 2.35. The number of hydrogen-bond acceptors (Lipinski definition) is 2. The van der Waals surface area contributed by atoms with Crippen LogP contribution in [0.25, 0.3) is 0 Å². The van der Waals surface area contributed by atoms with Crippen LogP contribution in [0.4, 0.5) is 0 Å². The molecule has 1 rings (SSSR count). The van der Waals surface area contributed by atoms with Crippen LogP contribution >= 0.6 is 0 Å². The van der Waals surface area contributed by atoms with Crippen molar-refractivity contribution in [3.63, 3.8) is 0 Å². The summed E-state index contributed by atoms with van der Waals surface area (Å²) in [5.41, 5.74) is 0.187. The van der Waals surface area contributed by atoms with Gasteiger partial charge in [-0.05, 0) is 31.1 Å². The maximum absolute atomic E-state index is 6.06. The summed E-state index contributed by atoms with van der Waals surface area (Å²) >= 11 is 0. The number of guanidine groups is 1. The fourth-order valence-corrected chi connectivity index (χ4v) is 3.20.